The van der Waals surface area contributed by atoms with Gasteiger partial charge in [-0.15, -0.1) is 0 Å². The van der Waals surface area contributed by atoms with Gasteiger partial charge < -0.3 is 64.9 Å². The summed E-state index contributed by atoms with van der Waals surface area (Å²) in [5, 5.41) is 53.6. The summed E-state index contributed by atoms with van der Waals surface area (Å²) in [4.78, 5) is 53.6. The maximum atomic E-state index is 8.93. The summed E-state index contributed by atoms with van der Waals surface area (Å²) in [5.74, 6) is -13.1. The molecule has 0 radical (unpaired) electrons. The second-order valence-electron chi connectivity index (χ2n) is 1.72. The van der Waals surface area contributed by atoms with E-state index in [1.54, 1.807) is 0 Å². The minimum atomic E-state index is -2.19. The van der Waals surface area contributed by atoms with Crippen LogP contribution >= 0.6 is 0 Å². The molecule has 0 aromatic rings. The van der Waals surface area contributed by atoms with Crippen LogP contribution in [0.4, 0.5) is 0 Å². The zero-order chi connectivity index (χ0) is 15.5. The third kappa shape index (κ3) is 46.2. The van der Waals surface area contributed by atoms with Gasteiger partial charge >= 0.3 is 0 Å². The Hall–Kier alpha value is -2.18. The second-order valence-corrected chi connectivity index (χ2v) is 1.72. The average Bonchev–Trinajstić information content (AvgIpc) is 2.18. The molecule has 0 amide bonds. The molecule has 0 aliphatic rings. The van der Waals surface area contributed by atoms with Crippen molar-refractivity contribution in [2.45, 2.75) is 0 Å². The minimum Gasteiger partial charge on any atom is -0.543 e. The Morgan fingerprint density at radius 1 is 0.381 bits per heavy atom. The molecule has 0 saturated heterocycles. The Labute approximate surface area is 135 Å². The zero-order valence-corrected chi connectivity index (χ0v) is 11.3. The monoisotopic (exact) mass is 394 g/mol. The summed E-state index contributed by atoms with van der Waals surface area (Å²) in [5.41, 5.74) is 0. The first kappa shape index (κ1) is 36.4. The van der Waals surface area contributed by atoms with Gasteiger partial charge in [-0.25, -0.2) is 0 Å². The van der Waals surface area contributed by atoms with Crippen LogP contribution in [0.3, 0.4) is 0 Å². The SMILES string of the molecule is O.O=C([O-])C(=O)[O-].O=C([O-])C(=O)[O-].O=C([O-])C(=O)[O-].[Fe].[Fe]. The third-order valence-corrected chi connectivity index (χ3v) is 0.500. The first-order valence-electron chi connectivity index (χ1n) is 3.20. The van der Waals surface area contributed by atoms with Crippen molar-refractivity contribution in [3.8, 4) is 0 Å². The fraction of sp³-hybridized carbons (Fsp3) is 0. The van der Waals surface area contributed by atoms with E-state index in [4.69, 9.17) is 59.4 Å². The number of carbonyl (C=O) groups excluding carboxylic acids is 6. The van der Waals surface area contributed by atoms with Crippen molar-refractivity contribution in [3.05, 3.63) is 0 Å². The van der Waals surface area contributed by atoms with Crippen molar-refractivity contribution >= 4 is 35.8 Å². The van der Waals surface area contributed by atoms with E-state index in [2.05, 4.69) is 0 Å². The molecule has 0 atom stereocenters. The van der Waals surface area contributed by atoms with Gasteiger partial charge in [-0.1, -0.05) is 0 Å². The van der Waals surface area contributed by atoms with Gasteiger partial charge in [-0.05, 0) is 0 Å². The molecule has 2 N–H and O–H groups in total. The van der Waals surface area contributed by atoms with E-state index in [0.717, 1.165) is 0 Å². The summed E-state index contributed by atoms with van der Waals surface area (Å²) < 4.78 is 0. The van der Waals surface area contributed by atoms with E-state index < -0.39 is 35.8 Å². The van der Waals surface area contributed by atoms with Crippen LogP contribution in [0.25, 0.3) is 0 Å². The number of hydrogen-bond donors (Lipinski definition) is 0. The van der Waals surface area contributed by atoms with Crippen molar-refractivity contribution in [3.63, 3.8) is 0 Å². The quantitative estimate of drug-likeness (QED) is 0.273. The molecule has 0 rings (SSSR count). The third-order valence-electron chi connectivity index (χ3n) is 0.500. The summed E-state index contributed by atoms with van der Waals surface area (Å²) in [6.45, 7) is 0. The number of carboxylic acids is 6. The van der Waals surface area contributed by atoms with Crippen molar-refractivity contribution in [1.82, 2.24) is 0 Å². The molecule has 0 aliphatic carbocycles. The molecule has 21 heavy (non-hydrogen) atoms. The van der Waals surface area contributed by atoms with Crippen LogP contribution in [0.1, 0.15) is 0 Å². The van der Waals surface area contributed by atoms with Gasteiger partial charge in [0, 0.05) is 34.1 Å². The Balaban J connectivity index is -0.0000000375. The van der Waals surface area contributed by atoms with Crippen LogP contribution in [0, 0.1) is 0 Å². The number of rotatable bonds is 0. The van der Waals surface area contributed by atoms with Gasteiger partial charge in [0.05, 0.1) is 35.8 Å². The molecule has 126 valence electrons. The van der Waals surface area contributed by atoms with E-state index in [1.807, 2.05) is 0 Å². The summed E-state index contributed by atoms with van der Waals surface area (Å²) >= 11 is 0. The van der Waals surface area contributed by atoms with E-state index in [-0.39, 0.29) is 39.6 Å². The Kier molecular flexibility index (Phi) is 34.9. The summed E-state index contributed by atoms with van der Waals surface area (Å²) in [6.07, 6.45) is 0. The molecule has 0 fully saturated rings. The zero-order valence-electron chi connectivity index (χ0n) is 9.11. The normalized spacial score (nSPS) is 6.29. The molecule has 0 heterocycles. The maximum absolute atomic E-state index is 8.93. The molecular formula is C6H2Fe2O13-6. The molecule has 0 saturated carbocycles. The van der Waals surface area contributed by atoms with E-state index in [1.165, 1.54) is 0 Å². The first-order valence-corrected chi connectivity index (χ1v) is 3.20. The van der Waals surface area contributed by atoms with Crippen molar-refractivity contribution in [2.75, 3.05) is 0 Å². The van der Waals surface area contributed by atoms with Crippen LogP contribution in [0.15, 0.2) is 0 Å². The molecule has 0 aliphatic heterocycles. The predicted molar refractivity (Wildman–Crippen MR) is 33.7 cm³/mol. The van der Waals surface area contributed by atoms with E-state index in [9.17, 15) is 0 Å². The summed E-state index contributed by atoms with van der Waals surface area (Å²) in [7, 11) is 0. The molecule has 0 aromatic carbocycles. The Morgan fingerprint density at radius 2 is 0.429 bits per heavy atom. The molecule has 0 aromatic heterocycles. The van der Waals surface area contributed by atoms with Gasteiger partial charge in [-0.2, -0.15) is 0 Å². The fourth-order valence-corrected chi connectivity index (χ4v) is 0. The molecule has 0 unspecified atom stereocenters. The molecule has 0 spiro atoms. The average molecular weight is 394 g/mol. The predicted octanol–water partition coefficient (Wildman–Crippen LogP) is -11.4. The largest absolute Gasteiger partial charge is 0.543 e. The molecule has 15 heteroatoms. The number of carbonyl (C=O) groups is 6. The van der Waals surface area contributed by atoms with Gasteiger partial charge in [0.1, 0.15) is 0 Å². The molecule has 13 nitrogen and oxygen atoms in total. The van der Waals surface area contributed by atoms with E-state index in [0.29, 0.717) is 0 Å². The van der Waals surface area contributed by atoms with Crippen molar-refractivity contribution in [2.24, 2.45) is 0 Å². The van der Waals surface area contributed by atoms with Crippen molar-refractivity contribution in [1.29, 1.82) is 0 Å². The van der Waals surface area contributed by atoms with Gasteiger partial charge in [-0.3, -0.25) is 0 Å². The number of aliphatic carboxylic acids is 6. The van der Waals surface area contributed by atoms with Crippen LogP contribution < -0.4 is 30.6 Å². The van der Waals surface area contributed by atoms with Gasteiger partial charge in [0.2, 0.25) is 0 Å². The minimum absolute atomic E-state index is 0. The Morgan fingerprint density at radius 3 is 0.429 bits per heavy atom. The van der Waals surface area contributed by atoms with Crippen LogP contribution in [0.2, 0.25) is 0 Å². The summed E-state index contributed by atoms with van der Waals surface area (Å²) in [6, 6.07) is 0. The van der Waals surface area contributed by atoms with Gasteiger partial charge in [0.15, 0.2) is 0 Å². The number of carboxylic acid groups (broad SMARTS) is 6. The topological polar surface area (TPSA) is 272 Å². The number of hydrogen-bond acceptors (Lipinski definition) is 12. The Bertz CT molecular complexity index is 282. The van der Waals surface area contributed by atoms with Gasteiger partial charge in [0.25, 0.3) is 0 Å². The van der Waals surface area contributed by atoms with E-state index >= 15 is 0 Å². The van der Waals surface area contributed by atoms with Crippen LogP contribution in [0.5, 0.6) is 0 Å². The van der Waals surface area contributed by atoms with Crippen molar-refractivity contribution < 1.29 is 99.0 Å². The first-order chi connectivity index (χ1) is 7.93. The molecule has 0 bridgehead atoms. The standard InChI is InChI=1S/3C2H2O4.2Fe.H2O/c3*3-1(4)2(5)6;;;/h3*(H,3,4)(H,5,6);;;1H2/p-6. The fourth-order valence-electron chi connectivity index (χ4n) is 0. The van der Waals surface area contributed by atoms with Crippen LogP contribution in [-0.4, -0.2) is 41.3 Å². The maximum Gasteiger partial charge on any atom is 0.0870 e. The van der Waals surface area contributed by atoms with Crippen LogP contribution in [-0.2, 0) is 62.9 Å². The smallest absolute Gasteiger partial charge is 0.0870 e. The second kappa shape index (κ2) is 20.1. The molecular weight excluding hydrogens is 392 g/mol.